The molecule has 0 saturated heterocycles. The summed E-state index contributed by atoms with van der Waals surface area (Å²) in [4.78, 5) is 0. The van der Waals surface area contributed by atoms with Crippen LogP contribution in [-0.4, -0.2) is 5.11 Å². The molecule has 3 heteroatoms. The molecule has 1 atom stereocenters. The van der Waals surface area contributed by atoms with E-state index >= 15 is 0 Å². The highest BCUT2D eigenvalue weighted by Crippen LogP contribution is 2.40. The van der Waals surface area contributed by atoms with Gasteiger partial charge in [0.1, 0.15) is 6.10 Å². The third kappa shape index (κ3) is 2.79. The predicted molar refractivity (Wildman–Crippen MR) is 78.9 cm³/mol. The second-order valence-corrected chi connectivity index (χ2v) is 5.85. The van der Waals surface area contributed by atoms with E-state index in [0.29, 0.717) is 15.6 Å². The van der Waals surface area contributed by atoms with Gasteiger partial charge in [-0.25, -0.2) is 0 Å². The number of rotatable bonds is 3. The maximum Gasteiger partial charge on any atom is 0.106 e. The van der Waals surface area contributed by atoms with Crippen LogP contribution in [0.4, 0.5) is 0 Å². The third-order valence-corrected chi connectivity index (χ3v) is 4.13. The normalized spacial score (nSPS) is 16.4. The van der Waals surface area contributed by atoms with E-state index in [1.165, 1.54) is 18.4 Å². The van der Waals surface area contributed by atoms with Crippen molar-refractivity contribution in [1.29, 1.82) is 0 Å². The second-order valence-electron chi connectivity index (χ2n) is 5.01. The van der Waals surface area contributed by atoms with Gasteiger partial charge >= 0.3 is 0 Å². The Morgan fingerprint density at radius 1 is 1.00 bits per heavy atom. The summed E-state index contributed by atoms with van der Waals surface area (Å²) in [6.45, 7) is 0. The Balaban J connectivity index is 1.89. The van der Waals surface area contributed by atoms with Crippen molar-refractivity contribution in [3.8, 4) is 0 Å². The fourth-order valence-corrected chi connectivity index (χ4v) is 2.67. The molecule has 0 bridgehead atoms. The van der Waals surface area contributed by atoms with Crippen LogP contribution in [0.15, 0.2) is 42.5 Å². The minimum atomic E-state index is -0.737. The van der Waals surface area contributed by atoms with Gasteiger partial charge in [0.2, 0.25) is 0 Å². The summed E-state index contributed by atoms with van der Waals surface area (Å²) in [5, 5.41) is 11.5. The van der Waals surface area contributed by atoms with Crippen molar-refractivity contribution in [3.05, 3.63) is 69.2 Å². The van der Waals surface area contributed by atoms with Gasteiger partial charge in [-0.2, -0.15) is 0 Å². The SMILES string of the molecule is OC(c1ccc(C2CC2)cc1)c1cc(Cl)ccc1Cl. The molecular formula is C16H14Cl2O. The quantitative estimate of drug-likeness (QED) is 0.848. The summed E-state index contributed by atoms with van der Waals surface area (Å²) < 4.78 is 0. The van der Waals surface area contributed by atoms with E-state index in [4.69, 9.17) is 23.2 Å². The molecule has 2 aromatic carbocycles. The standard InChI is InChI=1S/C16H14Cl2O/c17-13-7-8-15(18)14(9-13)16(19)12-5-3-11(4-6-12)10-1-2-10/h3-10,16,19H,1-2H2. The molecule has 0 aliphatic heterocycles. The van der Waals surface area contributed by atoms with Crippen LogP contribution in [0.1, 0.15) is 41.6 Å². The third-order valence-electron chi connectivity index (χ3n) is 3.55. The molecule has 0 aromatic heterocycles. The van der Waals surface area contributed by atoms with E-state index in [1.54, 1.807) is 18.2 Å². The van der Waals surface area contributed by atoms with E-state index in [-0.39, 0.29) is 0 Å². The lowest BCUT2D eigenvalue weighted by Gasteiger charge is -2.14. The topological polar surface area (TPSA) is 20.2 Å². The van der Waals surface area contributed by atoms with Crippen molar-refractivity contribution in [2.24, 2.45) is 0 Å². The van der Waals surface area contributed by atoms with Gasteiger partial charge in [0, 0.05) is 15.6 Å². The van der Waals surface area contributed by atoms with E-state index in [1.807, 2.05) is 12.1 Å². The van der Waals surface area contributed by atoms with Gasteiger partial charge in [-0.3, -0.25) is 0 Å². The number of hydrogen-bond donors (Lipinski definition) is 1. The lowest BCUT2D eigenvalue weighted by atomic mass is 9.99. The van der Waals surface area contributed by atoms with Gasteiger partial charge in [-0.05, 0) is 48.1 Å². The predicted octanol–water partition coefficient (Wildman–Crippen LogP) is 4.95. The lowest BCUT2D eigenvalue weighted by molar-refractivity contribution is 0.220. The van der Waals surface area contributed by atoms with Gasteiger partial charge in [-0.15, -0.1) is 0 Å². The molecule has 1 fully saturated rings. The van der Waals surface area contributed by atoms with Crippen LogP contribution < -0.4 is 0 Å². The van der Waals surface area contributed by atoms with Crippen molar-refractivity contribution in [3.63, 3.8) is 0 Å². The minimum Gasteiger partial charge on any atom is -0.384 e. The summed E-state index contributed by atoms with van der Waals surface area (Å²) in [6, 6.07) is 13.3. The largest absolute Gasteiger partial charge is 0.384 e. The van der Waals surface area contributed by atoms with Crippen LogP contribution in [0.25, 0.3) is 0 Å². The Labute approximate surface area is 122 Å². The number of benzene rings is 2. The van der Waals surface area contributed by atoms with Crippen molar-refractivity contribution < 1.29 is 5.11 Å². The molecule has 19 heavy (non-hydrogen) atoms. The number of hydrogen-bond acceptors (Lipinski definition) is 1. The molecule has 0 radical (unpaired) electrons. The van der Waals surface area contributed by atoms with Crippen LogP contribution in [-0.2, 0) is 0 Å². The number of aliphatic hydroxyl groups is 1. The first-order chi connectivity index (χ1) is 9.15. The maximum absolute atomic E-state index is 10.4. The van der Waals surface area contributed by atoms with Crippen LogP contribution >= 0.6 is 23.2 Å². The molecule has 0 amide bonds. The summed E-state index contributed by atoms with van der Waals surface area (Å²) in [5.41, 5.74) is 2.84. The molecule has 0 heterocycles. The second kappa shape index (κ2) is 5.16. The molecule has 1 unspecified atom stereocenters. The highest BCUT2D eigenvalue weighted by Gasteiger charge is 2.23. The Morgan fingerprint density at radius 3 is 2.32 bits per heavy atom. The van der Waals surface area contributed by atoms with Crippen molar-refractivity contribution in [1.82, 2.24) is 0 Å². The summed E-state index contributed by atoms with van der Waals surface area (Å²) >= 11 is 12.1. The van der Waals surface area contributed by atoms with Crippen LogP contribution in [0.3, 0.4) is 0 Å². The molecule has 0 spiro atoms. The van der Waals surface area contributed by atoms with Crippen molar-refractivity contribution in [2.75, 3.05) is 0 Å². The Hall–Kier alpha value is -1.02. The molecule has 1 saturated carbocycles. The first kappa shape index (κ1) is 13.0. The van der Waals surface area contributed by atoms with Crippen molar-refractivity contribution in [2.45, 2.75) is 24.9 Å². The molecule has 1 aliphatic rings. The van der Waals surface area contributed by atoms with Crippen LogP contribution in [0.5, 0.6) is 0 Å². The lowest BCUT2D eigenvalue weighted by Crippen LogP contribution is -2.00. The van der Waals surface area contributed by atoms with Gasteiger partial charge in [0.05, 0.1) is 0 Å². The maximum atomic E-state index is 10.4. The zero-order valence-corrected chi connectivity index (χ0v) is 11.8. The first-order valence-electron chi connectivity index (χ1n) is 6.38. The van der Waals surface area contributed by atoms with E-state index in [2.05, 4.69) is 12.1 Å². The highest BCUT2D eigenvalue weighted by molar-refractivity contribution is 6.33. The Kier molecular flexibility index (Phi) is 3.53. The molecule has 1 aliphatic carbocycles. The molecule has 1 nitrogen and oxygen atoms in total. The molecule has 3 rings (SSSR count). The zero-order valence-electron chi connectivity index (χ0n) is 10.3. The fourth-order valence-electron chi connectivity index (χ4n) is 2.27. The molecular weight excluding hydrogens is 279 g/mol. The number of aliphatic hydroxyl groups excluding tert-OH is 1. The van der Waals surface area contributed by atoms with Crippen LogP contribution in [0.2, 0.25) is 10.0 Å². The monoisotopic (exact) mass is 292 g/mol. The van der Waals surface area contributed by atoms with Gasteiger partial charge in [-0.1, -0.05) is 47.5 Å². The van der Waals surface area contributed by atoms with Gasteiger partial charge in [0.25, 0.3) is 0 Å². The average molecular weight is 293 g/mol. The Bertz CT molecular complexity index is 588. The van der Waals surface area contributed by atoms with E-state index in [9.17, 15) is 5.11 Å². The zero-order chi connectivity index (χ0) is 13.4. The average Bonchev–Trinajstić information content (AvgIpc) is 3.25. The smallest absolute Gasteiger partial charge is 0.106 e. The van der Waals surface area contributed by atoms with Crippen molar-refractivity contribution >= 4 is 23.2 Å². The molecule has 1 N–H and O–H groups in total. The van der Waals surface area contributed by atoms with Gasteiger partial charge in [0.15, 0.2) is 0 Å². The molecule has 2 aromatic rings. The van der Waals surface area contributed by atoms with Gasteiger partial charge < -0.3 is 5.11 Å². The highest BCUT2D eigenvalue weighted by atomic mass is 35.5. The van der Waals surface area contributed by atoms with E-state index < -0.39 is 6.10 Å². The molecule has 98 valence electrons. The fraction of sp³-hybridized carbons (Fsp3) is 0.250. The minimum absolute atomic E-state index is 0.531. The first-order valence-corrected chi connectivity index (χ1v) is 7.13. The number of halogens is 2. The van der Waals surface area contributed by atoms with E-state index in [0.717, 1.165) is 11.5 Å². The van der Waals surface area contributed by atoms with Crippen LogP contribution in [0, 0.1) is 0 Å². The Morgan fingerprint density at radius 2 is 1.68 bits per heavy atom. The summed E-state index contributed by atoms with van der Waals surface area (Å²) in [7, 11) is 0. The summed E-state index contributed by atoms with van der Waals surface area (Å²) in [5.74, 6) is 0.723. The summed E-state index contributed by atoms with van der Waals surface area (Å²) in [6.07, 6.45) is 1.82.